The quantitative estimate of drug-likeness (QED) is 0.820. The fourth-order valence-corrected chi connectivity index (χ4v) is 1.84. The zero-order chi connectivity index (χ0) is 14.4. The van der Waals surface area contributed by atoms with E-state index in [1.165, 1.54) is 0 Å². The molecule has 0 saturated carbocycles. The van der Waals surface area contributed by atoms with E-state index in [1.807, 2.05) is 54.6 Å². The molecule has 0 fully saturated rings. The summed E-state index contributed by atoms with van der Waals surface area (Å²) in [5.41, 5.74) is 9.02. The Kier molecular flexibility index (Phi) is 4.74. The van der Waals surface area contributed by atoms with E-state index in [9.17, 15) is 4.79 Å². The number of amides is 1. The van der Waals surface area contributed by atoms with Gasteiger partial charge in [-0.05, 0) is 29.8 Å². The minimum Gasteiger partial charge on any atom is -0.345 e. The number of carbonyl (C=O) groups is 1. The second-order valence-corrected chi connectivity index (χ2v) is 4.74. The maximum absolute atomic E-state index is 11.9. The van der Waals surface area contributed by atoms with Gasteiger partial charge in [-0.25, -0.2) is 5.43 Å². The van der Waals surface area contributed by atoms with Gasteiger partial charge in [0.25, 0.3) is 5.91 Å². The number of carbonyl (C=O) groups excluding carboxylic acids is 1. The number of hydrazine groups is 1. The topological polar surface area (TPSA) is 44.4 Å². The lowest BCUT2D eigenvalue weighted by Crippen LogP contribution is -2.23. The van der Waals surface area contributed by atoms with Gasteiger partial charge in [0.15, 0.2) is 0 Å². The molecule has 2 aromatic rings. The standard InChI is InChI=1S/C16H19N3O/c1-19(2)16(20)14-8-6-7-13(11-14)12-17-18-15-9-4-3-5-10-15/h3-11,17-18H,12H2,1-2H3. The summed E-state index contributed by atoms with van der Waals surface area (Å²) in [4.78, 5) is 13.5. The van der Waals surface area contributed by atoms with Crippen molar-refractivity contribution in [2.75, 3.05) is 19.5 Å². The molecule has 20 heavy (non-hydrogen) atoms. The summed E-state index contributed by atoms with van der Waals surface area (Å²) >= 11 is 0. The normalized spacial score (nSPS) is 10.1. The number of hydrogen-bond acceptors (Lipinski definition) is 3. The molecular formula is C16H19N3O. The molecule has 0 aliphatic heterocycles. The Labute approximate surface area is 119 Å². The van der Waals surface area contributed by atoms with E-state index in [1.54, 1.807) is 19.0 Å². The van der Waals surface area contributed by atoms with E-state index < -0.39 is 0 Å². The molecule has 0 bridgehead atoms. The molecule has 0 saturated heterocycles. The van der Waals surface area contributed by atoms with E-state index in [0.29, 0.717) is 12.1 Å². The van der Waals surface area contributed by atoms with Crippen LogP contribution >= 0.6 is 0 Å². The fraction of sp³-hybridized carbons (Fsp3) is 0.188. The summed E-state index contributed by atoms with van der Waals surface area (Å²) in [6.07, 6.45) is 0. The molecule has 2 aromatic carbocycles. The van der Waals surface area contributed by atoms with Crippen LogP contribution in [-0.4, -0.2) is 24.9 Å². The number of benzene rings is 2. The van der Waals surface area contributed by atoms with Crippen LogP contribution in [0.25, 0.3) is 0 Å². The molecule has 0 spiro atoms. The van der Waals surface area contributed by atoms with Crippen molar-refractivity contribution in [3.8, 4) is 0 Å². The molecule has 0 unspecified atom stereocenters. The van der Waals surface area contributed by atoms with Crippen LogP contribution in [0, 0.1) is 0 Å². The molecule has 4 nitrogen and oxygen atoms in total. The summed E-state index contributed by atoms with van der Waals surface area (Å²) in [5.74, 6) is 0.0165. The van der Waals surface area contributed by atoms with Crippen LogP contribution in [0.15, 0.2) is 54.6 Å². The zero-order valence-electron chi connectivity index (χ0n) is 11.8. The van der Waals surface area contributed by atoms with Crippen LogP contribution in [0.5, 0.6) is 0 Å². The van der Waals surface area contributed by atoms with Gasteiger partial charge in [-0.15, -0.1) is 0 Å². The van der Waals surface area contributed by atoms with Crippen molar-refractivity contribution in [3.05, 3.63) is 65.7 Å². The van der Waals surface area contributed by atoms with Crippen molar-refractivity contribution in [3.63, 3.8) is 0 Å². The molecule has 0 heterocycles. The highest BCUT2D eigenvalue weighted by Crippen LogP contribution is 2.08. The molecule has 2 rings (SSSR count). The third-order valence-corrected chi connectivity index (χ3v) is 2.88. The van der Waals surface area contributed by atoms with E-state index in [0.717, 1.165) is 11.3 Å². The third-order valence-electron chi connectivity index (χ3n) is 2.88. The smallest absolute Gasteiger partial charge is 0.253 e. The Balaban J connectivity index is 1.93. The van der Waals surface area contributed by atoms with E-state index >= 15 is 0 Å². The summed E-state index contributed by atoms with van der Waals surface area (Å²) in [5, 5.41) is 0. The predicted molar refractivity (Wildman–Crippen MR) is 81.4 cm³/mol. The van der Waals surface area contributed by atoms with Crippen LogP contribution in [0.2, 0.25) is 0 Å². The van der Waals surface area contributed by atoms with Crippen LogP contribution < -0.4 is 10.9 Å². The van der Waals surface area contributed by atoms with Gasteiger partial charge in [0, 0.05) is 31.9 Å². The van der Waals surface area contributed by atoms with Crippen molar-refractivity contribution in [2.24, 2.45) is 0 Å². The third kappa shape index (κ3) is 3.83. The number of anilines is 1. The van der Waals surface area contributed by atoms with Gasteiger partial charge in [-0.2, -0.15) is 0 Å². The second kappa shape index (κ2) is 6.73. The first kappa shape index (κ1) is 14.1. The van der Waals surface area contributed by atoms with E-state index in [-0.39, 0.29) is 5.91 Å². The predicted octanol–water partition coefficient (Wildman–Crippen LogP) is 2.51. The molecule has 2 N–H and O–H groups in total. The fourth-order valence-electron chi connectivity index (χ4n) is 1.84. The molecule has 0 aromatic heterocycles. The number of rotatable bonds is 5. The zero-order valence-corrected chi connectivity index (χ0v) is 11.8. The van der Waals surface area contributed by atoms with Gasteiger partial charge in [0.05, 0.1) is 0 Å². The molecular weight excluding hydrogens is 250 g/mol. The highest BCUT2D eigenvalue weighted by molar-refractivity contribution is 5.94. The second-order valence-electron chi connectivity index (χ2n) is 4.74. The van der Waals surface area contributed by atoms with Gasteiger partial charge in [-0.1, -0.05) is 30.3 Å². The average molecular weight is 269 g/mol. The largest absolute Gasteiger partial charge is 0.345 e. The minimum atomic E-state index is 0.0165. The molecule has 4 heteroatoms. The highest BCUT2D eigenvalue weighted by atomic mass is 16.2. The Morgan fingerprint density at radius 3 is 2.50 bits per heavy atom. The number of nitrogens with zero attached hydrogens (tertiary/aromatic N) is 1. The Hall–Kier alpha value is -2.33. The van der Waals surface area contributed by atoms with Gasteiger partial charge < -0.3 is 10.3 Å². The maximum Gasteiger partial charge on any atom is 0.253 e. The van der Waals surface area contributed by atoms with Crippen molar-refractivity contribution in [1.29, 1.82) is 0 Å². The van der Waals surface area contributed by atoms with E-state index in [2.05, 4.69) is 10.9 Å². The Morgan fingerprint density at radius 2 is 1.80 bits per heavy atom. The number of hydrogen-bond donors (Lipinski definition) is 2. The van der Waals surface area contributed by atoms with Crippen molar-refractivity contribution >= 4 is 11.6 Å². The van der Waals surface area contributed by atoms with Crippen LogP contribution in [0.1, 0.15) is 15.9 Å². The average Bonchev–Trinajstić information content (AvgIpc) is 2.48. The summed E-state index contributed by atoms with van der Waals surface area (Å²) in [7, 11) is 3.51. The highest BCUT2D eigenvalue weighted by Gasteiger charge is 2.07. The van der Waals surface area contributed by atoms with Crippen molar-refractivity contribution < 1.29 is 4.79 Å². The lowest BCUT2D eigenvalue weighted by Gasteiger charge is -2.12. The van der Waals surface area contributed by atoms with Gasteiger partial charge >= 0.3 is 0 Å². The first-order chi connectivity index (χ1) is 9.66. The summed E-state index contributed by atoms with van der Waals surface area (Å²) in [6.45, 7) is 0.642. The molecule has 0 atom stereocenters. The molecule has 0 aliphatic carbocycles. The SMILES string of the molecule is CN(C)C(=O)c1cccc(CNNc2ccccc2)c1. The van der Waals surface area contributed by atoms with Crippen LogP contribution in [-0.2, 0) is 6.54 Å². The van der Waals surface area contributed by atoms with E-state index in [4.69, 9.17) is 0 Å². The molecule has 0 aliphatic rings. The number of nitrogens with one attached hydrogen (secondary N) is 2. The maximum atomic E-state index is 11.9. The van der Waals surface area contributed by atoms with Gasteiger partial charge in [-0.3, -0.25) is 4.79 Å². The Morgan fingerprint density at radius 1 is 1.05 bits per heavy atom. The first-order valence-electron chi connectivity index (χ1n) is 6.51. The molecule has 1 amide bonds. The molecule has 0 radical (unpaired) electrons. The molecule has 104 valence electrons. The van der Waals surface area contributed by atoms with Crippen molar-refractivity contribution in [1.82, 2.24) is 10.3 Å². The summed E-state index contributed by atoms with van der Waals surface area (Å²) < 4.78 is 0. The Bertz CT molecular complexity index is 567. The van der Waals surface area contributed by atoms with Gasteiger partial charge in [0.2, 0.25) is 0 Å². The van der Waals surface area contributed by atoms with Gasteiger partial charge in [0.1, 0.15) is 0 Å². The minimum absolute atomic E-state index is 0.0165. The monoisotopic (exact) mass is 269 g/mol. The van der Waals surface area contributed by atoms with Crippen LogP contribution in [0.4, 0.5) is 5.69 Å². The van der Waals surface area contributed by atoms with Crippen molar-refractivity contribution in [2.45, 2.75) is 6.54 Å². The summed E-state index contributed by atoms with van der Waals surface area (Å²) in [6, 6.07) is 17.5. The number of para-hydroxylation sites is 1. The van der Waals surface area contributed by atoms with Crippen LogP contribution in [0.3, 0.4) is 0 Å². The lowest BCUT2D eigenvalue weighted by molar-refractivity contribution is 0.0827. The lowest BCUT2D eigenvalue weighted by atomic mass is 10.1. The first-order valence-corrected chi connectivity index (χ1v) is 6.51.